The van der Waals surface area contributed by atoms with Crippen LogP contribution in [0.25, 0.3) is 0 Å². The molecule has 0 fully saturated rings. The van der Waals surface area contributed by atoms with Crippen LogP contribution in [-0.4, -0.2) is 22.0 Å². The number of carbonyl (C=O) groups is 2. The molecule has 1 aromatic carbocycles. The molecule has 0 spiro atoms. The molecule has 0 aliphatic carbocycles. The van der Waals surface area contributed by atoms with Gasteiger partial charge in [-0.25, -0.2) is 4.98 Å². The molecule has 0 radical (unpaired) electrons. The second kappa shape index (κ2) is 5.83. The van der Waals surface area contributed by atoms with E-state index in [2.05, 4.69) is 10.3 Å². The van der Waals surface area contributed by atoms with Gasteiger partial charge in [0, 0.05) is 10.9 Å². The topological polar surface area (TPSA) is 79.3 Å². The summed E-state index contributed by atoms with van der Waals surface area (Å²) in [5.74, 6) is -1.17. The van der Waals surface area contributed by atoms with Gasteiger partial charge in [-0.2, -0.15) is 0 Å². The smallest absolute Gasteiger partial charge is 0.309 e. The molecule has 1 heterocycles. The van der Waals surface area contributed by atoms with Crippen LogP contribution in [0.4, 0.5) is 5.13 Å². The molecule has 0 saturated heterocycles. The normalized spacial score (nSPS) is 10.3. The summed E-state index contributed by atoms with van der Waals surface area (Å²) in [4.78, 5) is 26.9. The van der Waals surface area contributed by atoms with Crippen molar-refractivity contribution in [2.24, 2.45) is 0 Å². The zero-order valence-corrected chi connectivity index (χ0v) is 12.0. The predicted octanol–water partition coefficient (Wildman–Crippen LogP) is 2.64. The molecule has 104 valence electrons. The van der Waals surface area contributed by atoms with E-state index in [1.54, 1.807) is 5.38 Å². The van der Waals surface area contributed by atoms with Gasteiger partial charge in [0.15, 0.2) is 5.13 Å². The van der Waals surface area contributed by atoms with Crippen LogP contribution < -0.4 is 5.32 Å². The van der Waals surface area contributed by atoms with E-state index in [1.165, 1.54) is 11.3 Å². The van der Waals surface area contributed by atoms with Gasteiger partial charge in [-0.3, -0.25) is 14.9 Å². The number of anilines is 1. The van der Waals surface area contributed by atoms with Gasteiger partial charge in [0.25, 0.3) is 5.91 Å². The van der Waals surface area contributed by atoms with E-state index in [0.29, 0.717) is 16.4 Å². The lowest BCUT2D eigenvalue weighted by molar-refractivity contribution is -0.136. The summed E-state index contributed by atoms with van der Waals surface area (Å²) in [6.45, 7) is 3.75. The monoisotopic (exact) mass is 290 g/mol. The number of carboxylic acids is 1. The van der Waals surface area contributed by atoms with Crippen LogP contribution in [-0.2, 0) is 11.2 Å². The molecule has 6 heteroatoms. The van der Waals surface area contributed by atoms with Crippen LogP contribution in [0.1, 0.15) is 27.2 Å². The highest BCUT2D eigenvalue weighted by molar-refractivity contribution is 7.14. The minimum absolute atomic E-state index is 0.143. The number of carboxylic acid groups (broad SMARTS) is 1. The maximum Gasteiger partial charge on any atom is 0.309 e. The van der Waals surface area contributed by atoms with Gasteiger partial charge in [0.2, 0.25) is 0 Å². The standard InChI is InChI=1S/C14H14N2O3S/c1-8-4-3-5-9(2)12(8)13(19)16-14-15-10(7-20-14)6-11(17)18/h3-5,7H,6H2,1-2H3,(H,17,18)(H,15,16,19). The van der Waals surface area contributed by atoms with Crippen LogP contribution in [0.15, 0.2) is 23.6 Å². The van der Waals surface area contributed by atoms with Crippen molar-refractivity contribution in [1.82, 2.24) is 4.98 Å². The van der Waals surface area contributed by atoms with Crippen molar-refractivity contribution in [1.29, 1.82) is 0 Å². The van der Waals surface area contributed by atoms with E-state index in [0.717, 1.165) is 11.1 Å². The van der Waals surface area contributed by atoms with Crippen molar-refractivity contribution in [2.75, 3.05) is 5.32 Å². The van der Waals surface area contributed by atoms with E-state index in [4.69, 9.17) is 5.11 Å². The van der Waals surface area contributed by atoms with Gasteiger partial charge in [-0.15, -0.1) is 11.3 Å². The number of nitrogens with zero attached hydrogens (tertiary/aromatic N) is 1. The quantitative estimate of drug-likeness (QED) is 0.907. The second-order valence-corrected chi connectivity index (χ2v) is 5.29. The first-order valence-corrected chi connectivity index (χ1v) is 6.89. The van der Waals surface area contributed by atoms with Crippen LogP contribution >= 0.6 is 11.3 Å². The molecule has 20 heavy (non-hydrogen) atoms. The Morgan fingerprint density at radius 3 is 2.55 bits per heavy atom. The number of amides is 1. The minimum Gasteiger partial charge on any atom is -0.481 e. The van der Waals surface area contributed by atoms with E-state index in [-0.39, 0.29) is 12.3 Å². The van der Waals surface area contributed by atoms with Crippen LogP contribution in [0, 0.1) is 13.8 Å². The van der Waals surface area contributed by atoms with E-state index in [9.17, 15) is 9.59 Å². The van der Waals surface area contributed by atoms with E-state index >= 15 is 0 Å². The molecule has 0 aliphatic heterocycles. The Kier molecular flexibility index (Phi) is 4.14. The number of carbonyl (C=O) groups excluding carboxylic acids is 1. The Labute approximate surface area is 120 Å². The lowest BCUT2D eigenvalue weighted by atomic mass is 10.0. The van der Waals surface area contributed by atoms with E-state index in [1.807, 2.05) is 32.0 Å². The van der Waals surface area contributed by atoms with Gasteiger partial charge in [0.1, 0.15) is 0 Å². The van der Waals surface area contributed by atoms with Crippen LogP contribution in [0.2, 0.25) is 0 Å². The SMILES string of the molecule is Cc1cccc(C)c1C(=O)Nc1nc(CC(=O)O)cs1. The highest BCUT2D eigenvalue weighted by Crippen LogP contribution is 2.19. The third-order valence-corrected chi connectivity index (χ3v) is 3.62. The van der Waals surface area contributed by atoms with Gasteiger partial charge in [-0.1, -0.05) is 18.2 Å². The van der Waals surface area contributed by atoms with Gasteiger partial charge in [0.05, 0.1) is 12.1 Å². The molecule has 0 bridgehead atoms. The number of benzene rings is 1. The summed E-state index contributed by atoms with van der Waals surface area (Å²) in [6, 6.07) is 5.65. The third kappa shape index (κ3) is 3.21. The Morgan fingerprint density at radius 1 is 1.30 bits per heavy atom. The Bertz CT molecular complexity index is 644. The molecular formula is C14H14N2O3S. The Balaban J connectivity index is 2.16. The molecule has 0 saturated carbocycles. The lowest BCUT2D eigenvalue weighted by Crippen LogP contribution is -2.15. The van der Waals surface area contributed by atoms with Crippen molar-refractivity contribution in [3.8, 4) is 0 Å². The number of thiazole rings is 1. The van der Waals surface area contributed by atoms with Crippen molar-refractivity contribution < 1.29 is 14.7 Å². The van der Waals surface area contributed by atoms with Gasteiger partial charge < -0.3 is 5.11 Å². The molecule has 1 amide bonds. The second-order valence-electron chi connectivity index (χ2n) is 4.44. The van der Waals surface area contributed by atoms with Crippen LogP contribution in [0.5, 0.6) is 0 Å². The third-order valence-electron chi connectivity index (χ3n) is 2.81. The fourth-order valence-corrected chi connectivity index (χ4v) is 2.64. The summed E-state index contributed by atoms with van der Waals surface area (Å²) >= 11 is 1.22. The van der Waals surface area contributed by atoms with Gasteiger partial charge >= 0.3 is 5.97 Å². The molecule has 2 N–H and O–H groups in total. The number of aromatic nitrogens is 1. The molecule has 1 aromatic heterocycles. The van der Waals surface area contributed by atoms with Crippen molar-refractivity contribution in [3.63, 3.8) is 0 Å². The average Bonchev–Trinajstić information content (AvgIpc) is 2.75. The molecular weight excluding hydrogens is 276 g/mol. The molecule has 0 unspecified atom stereocenters. The molecule has 0 aliphatic rings. The summed E-state index contributed by atoms with van der Waals surface area (Å²) in [6.07, 6.45) is -0.143. The zero-order valence-electron chi connectivity index (χ0n) is 11.1. The van der Waals surface area contributed by atoms with Crippen LogP contribution in [0.3, 0.4) is 0 Å². The Hall–Kier alpha value is -2.21. The number of aliphatic carboxylic acids is 1. The summed E-state index contributed by atoms with van der Waals surface area (Å²) in [5.41, 5.74) is 2.86. The summed E-state index contributed by atoms with van der Waals surface area (Å²) < 4.78 is 0. The summed E-state index contributed by atoms with van der Waals surface area (Å²) in [5, 5.41) is 13.4. The lowest BCUT2D eigenvalue weighted by Gasteiger charge is -2.08. The average molecular weight is 290 g/mol. The zero-order chi connectivity index (χ0) is 14.7. The number of nitrogens with one attached hydrogen (secondary N) is 1. The first-order chi connectivity index (χ1) is 9.47. The Morgan fingerprint density at radius 2 is 1.95 bits per heavy atom. The number of hydrogen-bond acceptors (Lipinski definition) is 4. The first kappa shape index (κ1) is 14.2. The highest BCUT2D eigenvalue weighted by atomic mass is 32.1. The fourth-order valence-electron chi connectivity index (χ4n) is 1.93. The van der Waals surface area contributed by atoms with Crippen molar-refractivity contribution in [3.05, 3.63) is 46.0 Å². The highest BCUT2D eigenvalue weighted by Gasteiger charge is 2.14. The maximum atomic E-state index is 12.2. The molecule has 2 rings (SSSR count). The predicted molar refractivity (Wildman–Crippen MR) is 77.3 cm³/mol. The number of rotatable bonds is 4. The van der Waals surface area contributed by atoms with Crippen molar-refractivity contribution in [2.45, 2.75) is 20.3 Å². The molecule has 5 nitrogen and oxygen atoms in total. The maximum absolute atomic E-state index is 12.2. The number of hydrogen-bond donors (Lipinski definition) is 2. The fraction of sp³-hybridized carbons (Fsp3) is 0.214. The molecule has 2 aromatic rings. The number of aryl methyl sites for hydroxylation is 2. The molecule has 0 atom stereocenters. The van der Waals surface area contributed by atoms with E-state index < -0.39 is 5.97 Å². The van der Waals surface area contributed by atoms with Gasteiger partial charge in [-0.05, 0) is 25.0 Å². The first-order valence-electron chi connectivity index (χ1n) is 6.01. The largest absolute Gasteiger partial charge is 0.481 e. The minimum atomic E-state index is -0.942. The summed E-state index contributed by atoms with van der Waals surface area (Å²) in [7, 11) is 0. The van der Waals surface area contributed by atoms with Crippen molar-refractivity contribution >= 4 is 28.3 Å².